The van der Waals surface area contributed by atoms with Crippen molar-refractivity contribution < 1.29 is 9.84 Å². The van der Waals surface area contributed by atoms with Crippen LogP contribution in [0.3, 0.4) is 0 Å². The molecule has 0 aromatic heterocycles. The number of rotatable bonds is 3. The molecule has 13 heavy (non-hydrogen) atoms. The molecule has 0 radical (unpaired) electrons. The van der Waals surface area contributed by atoms with Gasteiger partial charge < -0.3 is 9.84 Å². The third kappa shape index (κ3) is 2.36. The molecule has 0 bridgehead atoms. The van der Waals surface area contributed by atoms with Crippen molar-refractivity contribution in [3.05, 3.63) is 29.3 Å². The maximum atomic E-state index is 9.52. The SMILES string of the molecule is COc1cc(C)ccc1C(O)CCl. The lowest BCUT2D eigenvalue weighted by Gasteiger charge is -2.12. The lowest BCUT2D eigenvalue weighted by Crippen LogP contribution is -2.01. The molecule has 1 aromatic carbocycles. The number of alkyl halides is 1. The molecule has 0 aliphatic rings. The molecular formula is C10H13ClO2. The van der Waals surface area contributed by atoms with E-state index in [-0.39, 0.29) is 5.88 Å². The minimum absolute atomic E-state index is 0.180. The quantitative estimate of drug-likeness (QED) is 0.759. The van der Waals surface area contributed by atoms with E-state index in [1.807, 2.05) is 25.1 Å². The normalized spacial score (nSPS) is 12.6. The summed E-state index contributed by atoms with van der Waals surface area (Å²) in [5.74, 6) is 0.868. The van der Waals surface area contributed by atoms with Crippen molar-refractivity contribution in [3.8, 4) is 5.75 Å². The van der Waals surface area contributed by atoms with Crippen LogP contribution in [0.1, 0.15) is 17.2 Å². The molecule has 3 heteroatoms. The number of methoxy groups -OCH3 is 1. The van der Waals surface area contributed by atoms with Crippen molar-refractivity contribution >= 4 is 11.6 Å². The Morgan fingerprint density at radius 3 is 2.77 bits per heavy atom. The molecule has 0 aliphatic heterocycles. The van der Waals surface area contributed by atoms with Crippen LogP contribution in [-0.2, 0) is 0 Å². The van der Waals surface area contributed by atoms with Crippen molar-refractivity contribution in [2.75, 3.05) is 13.0 Å². The van der Waals surface area contributed by atoms with E-state index in [1.54, 1.807) is 7.11 Å². The van der Waals surface area contributed by atoms with Crippen LogP contribution in [0, 0.1) is 6.92 Å². The van der Waals surface area contributed by atoms with Gasteiger partial charge in [-0.2, -0.15) is 0 Å². The summed E-state index contributed by atoms with van der Waals surface area (Å²) in [6, 6.07) is 5.64. The van der Waals surface area contributed by atoms with Crippen LogP contribution >= 0.6 is 11.6 Å². The van der Waals surface area contributed by atoms with Gasteiger partial charge in [-0.15, -0.1) is 11.6 Å². The second-order valence-corrected chi connectivity index (χ2v) is 3.22. The van der Waals surface area contributed by atoms with Gasteiger partial charge in [0, 0.05) is 5.56 Å². The summed E-state index contributed by atoms with van der Waals surface area (Å²) in [7, 11) is 1.58. The van der Waals surface area contributed by atoms with Crippen LogP contribution in [0.5, 0.6) is 5.75 Å². The monoisotopic (exact) mass is 200 g/mol. The van der Waals surface area contributed by atoms with E-state index in [4.69, 9.17) is 16.3 Å². The Hall–Kier alpha value is -0.730. The Morgan fingerprint density at radius 1 is 1.54 bits per heavy atom. The van der Waals surface area contributed by atoms with E-state index in [1.165, 1.54) is 0 Å². The number of hydrogen-bond donors (Lipinski definition) is 1. The zero-order valence-corrected chi connectivity index (χ0v) is 8.51. The third-order valence-corrected chi connectivity index (χ3v) is 2.19. The van der Waals surface area contributed by atoms with E-state index in [0.29, 0.717) is 5.75 Å². The highest BCUT2D eigenvalue weighted by atomic mass is 35.5. The molecule has 1 N–H and O–H groups in total. The first kappa shape index (κ1) is 10.4. The van der Waals surface area contributed by atoms with Gasteiger partial charge >= 0.3 is 0 Å². The minimum atomic E-state index is -0.655. The number of ether oxygens (including phenoxy) is 1. The fourth-order valence-electron chi connectivity index (χ4n) is 1.18. The molecule has 0 spiro atoms. The Bertz CT molecular complexity index is 286. The van der Waals surface area contributed by atoms with Crippen molar-refractivity contribution in [2.24, 2.45) is 0 Å². The van der Waals surface area contributed by atoms with Crippen LogP contribution in [0.25, 0.3) is 0 Å². The van der Waals surface area contributed by atoms with Gasteiger partial charge in [0.1, 0.15) is 5.75 Å². The average molecular weight is 201 g/mol. The molecule has 0 fully saturated rings. The molecule has 0 saturated carbocycles. The van der Waals surface area contributed by atoms with Gasteiger partial charge in [-0.25, -0.2) is 0 Å². The predicted molar refractivity (Wildman–Crippen MR) is 53.4 cm³/mol. The first-order valence-electron chi connectivity index (χ1n) is 4.07. The molecule has 72 valence electrons. The van der Waals surface area contributed by atoms with Gasteiger partial charge in [-0.1, -0.05) is 12.1 Å². The minimum Gasteiger partial charge on any atom is -0.496 e. The fraction of sp³-hybridized carbons (Fsp3) is 0.400. The molecule has 0 amide bonds. The molecule has 1 unspecified atom stereocenters. The van der Waals surface area contributed by atoms with Crippen LogP contribution in [0.4, 0.5) is 0 Å². The Balaban J connectivity index is 3.05. The standard InChI is InChI=1S/C10H13ClO2/c1-7-3-4-8(9(12)6-11)10(5-7)13-2/h3-5,9,12H,6H2,1-2H3. The van der Waals surface area contributed by atoms with Gasteiger partial charge in [0.25, 0.3) is 0 Å². The van der Waals surface area contributed by atoms with E-state index >= 15 is 0 Å². The first-order chi connectivity index (χ1) is 6.19. The van der Waals surface area contributed by atoms with E-state index < -0.39 is 6.10 Å². The van der Waals surface area contributed by atoms with Crippen LogP contribution < -0.4 is 4.74 Å². The van der Waals surface area contributed by atoms with E-state index in [0.717, 1.165) is 11.1 Å². The fourth-order valence-corrected chi connectivity index (χ4v) is 1.34. The Kier molecular flexibility index (Phi) is 3.58. The highest BCUT2D eigenvalue weighted by Crippen LogP contribution is 2.26. The summed E-state index contributed by atoms with van der Waals surface area (Å²) in [4.78, 5) is 0. The van der Waals surface area contributed by atoms with E-state index in [9.17, 15) is 5.11 Å². The van der Waals surface area contributed by atoms with E-state index in [2.05, 4.69) is 0 Å². The topological polar surface area (TPSA) is 29.5 Å². The molecule has 0 saturated heterocycles. The first-order valence-corrected chi connectivity index (χ1v) is 4.61. The van der Waals surface area contributed by atoms with Crippen LogP contribution in [0.2, 0.25) is 0 Å². The van der Waals surface area contributed by atoms with Crippen LogP contribution in [0.15, 0.2) is 18.2 Å². The summed E-state index contributed by atoms with van der Waals surface area (Å²) < 4.78 is 5.13. The second kappa shape index (κ2) is 4.49. The van der Waals surface area contributed by atoms with Crippen molar-refractivity contribution in [3.63, 3.8) is 0 Å². The summed E-state index contributed by atoms with van der Waals surface area (Å²) >= 11 is 5.55. The summed E-state index contributed by atoms with van der Waals surface area (Å²) in [6.45, 7) is 1.97. The Morgan fingerprint density at radius 2 is 2.23 bits per heavy atom. The number of aliphatic hydroxyl groups excluding tert-OH is 1. The second-order valence-electron chi connectivity index (χ2n) is 2.92. The average Bonchev–Trinajstić information content (AvgIpc) is 2.16. The number of aryl methyl sites for hydroxylation is 1. The molecule has 2 nitrogen and oxygen atoms in total. The van der Waals surface area contributed by atoms with Gasteiger partial charge in [-0.3, -0.25) is 0 Å². The lowest BCUT2D eigenvalue weighted by molar-refractivity contribution is 0.197. The number of hydrogen-bond acceptors (Lipinski definition) is 2. The zero-order valence-electron chi connectivity index (χ0n) is 7.75. The molecule has 0 aliphatic carbocycles. The number of benzene rings is 1. The van der Waals surface area contributed by atoms with Crippen molar-refractivity contribution in [1.29, 1.82) is 0 Å². The number of aliphatic hydroxyl groups is 1. The summed E-state index contributed by atoms with van der Waals surface area (Å²) in [6.07, 6.45) is -0.655. The Labute approximate surface area is 83.1 Å². The number of halogens is 1. The van der Waals surface area contributed by atoms with Crippen LogP contribution in [-0.4, -0.2) is 18.1 Å². The van der Waals surface area contributed by atoms with Gasteiger partial charge in [0.2, 0.25) is 0 Å². The molecular weight excluding hydrogens is 188 g/mol. The van der Waals surface area contributed by atoms with Gasteiger partial charge in [0.05, 0.1) is 19.1 Å². The van der Waals surface area contributed by atoms with Gasteiger partial charge in [-0.05, 0) is 18.6 Å². The lowest BCUT2D eigenvalue weighted by atomic mass is 10.1. The van der Waals surface area contributed by atoms with Crippen molar-refractivity contribution in [2.45, 2.75) is 13.0 Å². The highest BCUT2D eigenvalue weighted by molar-refractivity contribution is 6.18. The largest absolute Gasteiger partial charge is 0.496 e. The summed E-state index contributed by atoms with van der Waals surface area (Å²) in [5, 5.41) is 9.52. The molecule has 1 aromatic rings. The maximum Gasteiger partial charge on any atom is 0.124 e. The molecule has 1 atom stereocenters. The zero-order chi connectivity index (χ0) is 9.84. The van der Waals surface area contributed by atoms with Crippen molar-refractivity contribution in [1.82, 2.24) is 0 Å². The molecule has 1 rings (SSSR count). The third-order valence-electron chi connectivity index (χ3n) is 1.89. The summed E-state index contributed by atoms with van der Waals surface area (Å²) in [5.41, 5.74) is 1.84. The smallest absolute Gasteiger partial charge is 0.124 e. The maximum absolute atomic E-state index is 9.52. The highest BCUT2D eigenvalue weighted by Gasteiger charge is 2.11. The van der Waals surface area contributed by atoms with Gasteiger partial charge in [0.15, 0.2) is 0 Å². The molecule has 0 heterocycles. The predicted octanol–water partition coefficient (Wildman–Crippen LogP) is 2.28.